The first-order valence-corrected chi connectivity index (χ1v) is 19.5. The number of para-hydroxylation sites is 6. The summed E-state index contributed by atoms with van der Waals surface area (Å²) in [4.78, 5) is 10.6. The third-order valence-corrected chi connectivity index (χ3v) is 11.8. The number of fused-ring (bicyclic) bond motifs is 9. The highest BCUT2D eigenvalue weighted by atomic mass is 15.1. The normalized spacial score (nSPS) is 12.6. The molecule has 0 aliphatic carbocycles. The molecule has 5 heterocycles. The summed E-state index contributed by atoms with van der Waals surface area (Å²) in [5, 5.41) is 10.6. The van der Waals surface area contributed by atoms with E-state index in [-0.39, 0.29) is 0 Å². The van der Waals surface area contributed by atoms with E-state index in [0.717, 1.165) is 93.0 Å². The molecule has 5 aromatic heterocycles. The summed E-state index contributed by atoms with van der Waals surface area (Å²) in [6.45, 7) is 9.40. The van der Waals surface area contributed by atoms with Crippen LogP contribution in [0.25, 0.3) is 102 Å². The van der Waals surface area contributed by atoms with E-state index in [1.54, 1.807) is 0 Å². The summed E-state index contributed by atoms with van der Waals surface area (Å²) in [5.41, 5.74) is 8.67. The lowest BCUT2D eigenvalue weighted by molar-refractivity contribution is 0.931. The van der Waals surface area contributed by atoms with Crippen molar-refractivity contribution in [2.24, 2.45) is 0 Å². The van der Waals surface area contributed by atoms with E-state index in [1.807, 2.05) is 18.5 Å². The third kappa shape index (κ3) is 4.42. The molecule has 0 bridgehead atoms. The van der Waals surface area contributed by atoms with Gasteiger partial charge in [0.25, 0.3) is 0 Å². The second-order valence-corrected chi connectivity index (χ2v) is 14.8. The summed E-state index contributed by atoms with van der Waals surface area (Å²) < 4.78 is 9.17. The fraction of sp³-hybridized carbons (Fsp3) is 0. The van der Waals surface area contributed by atoms with Crippen molar-refractivity contribution < 1.29 is 0 Å². The highest BCUT2D eigenvalue weighted by molar-refractivity contribution is 6.23. The Kier molecular flexibility index (Phi) is 6.83. The Morgan fingerprint density at radius 3 is 1.19 bits per heavy atom. The number of nitrogens with zero attached hydrogens (tertiary/aromatic N) is 6. The molecule has 6 heteroatoms. The molecule has 0 N–H and O–H groups in total. The SMILES string of the molecule is C=c1/c(=c2\c(=C)c3ccccc3n2-c2cnc(-n3c4ccccc4c4ccc5c6ccccc6n(-c6ccccc6)c5c43)cn2)n(-c2ccccc2)c2ccccc12. The molecule has 12 aromatic rings. The Morgan fingerprint density at radius 1 is 0.310 bits per heavy atom. The molecule has 12 rings (SSSR count). The van der Waals surface area contributed by atoms with Crippen LogP contribution >= 0.6 is 0 Å². The van der Waals surface area contributed by atoms with Crippen molar-refractivity contribution in [3.8, 4) is 23.0 Å². The Hall–Kier alpha value is -7.96. The molecule has 58 heavy (non-hydrogen) atoms. The van der Waals surface area contributed by atoms with Crippen molar-refractivity contribution in [2.45, 2.75) is 0 Å². The lowest BCUT2D eigenvalue weighted by Gasteiger charge is -2.12. The third-order valence-electron chi connectivity index (χ3n) is 11.8. The summed E-state index contributed by atoms with van der Waals surface area (Å²) in [7, 11) is 0. The minimum absolute atomic E-state index is 0.693. The van der Waals surface area contributed by atoms with Gasteiger partial charge in [0.1, 0.15) is 0 Å². The lowest BCUT2D eigenvalue weighted by atomic mass is 10.1. The maximum absolute atomic E-state index is 5.29. The van der Waals surface area contributed by atoms with E-state index in [9.17, 15) is 0 Å². The molecule has 0 fully saturated rings. The van der Waals surface area contributed by atoms with Gasteiger partial charge in [-0.2, -0.15) is 0 Å². The van der Waals surface area contributed by atoms with Crippen molar-refractivity contribution in [1.82, 2.24) is 28.2 Å². The van der Waals surface area contributed by atoms with Crippen LogP contribution in [0.4, 0.5) is 0 Å². The van der Waals surface area contributed by atoms with Gasteiger partial charge in [0.15, 0.2) is 11.6 Å². The van der Waals surface area contributed by atoms with Crippen LogP contribution in [0.2, 0.25) is 0 Å². The van der Waals surface area contributed by atoms with Crippen LogP contribution in [0.3, 0.4) is 0 Å². The van der Waals surface area contributed by atoms with Crippen molar-refractivity contribution in [3.63, 3.8) is 0 Å². The van der Waals surface area contributed by atoms with Crippen molar-refractivity contribution in [1.29, 1.82) is 0 Å². The predicted octanol–water partition coefficient (Wildman–Crippen LogP) is 10.7. The monoisotopic (exact) mass is 742 g/mol. The van der Waals surface area contributed by atoms with Gasteiger partial charge in [-0.15, -0.1) is 0 Å². The minimum atomic E-state index is 0.693. The first-order chi connectivity index (χ1) is 28.7. The Morgan fingerprint density at radius 2 is 0.672 bits per heavy atom. The van der Waals surface area contributed by atoms with Crippen LogP contribution in [0.1, 0.15) is 0 Å². The van der Waals surface area contributed by atoms with Crippen molar-refractivity contribution >= 4 is 78.6 Å². The number of benzene rings is 7. The molecular formula is C52H34N6. The van der Waals surface area contributed by atoms with Gasteiger partial charge >= 0.3 is 0 Å². The number of hydrogen-bond acceptors (Lipinski definition) is 2. The summed E-state index contributed by atoms with van der Waals surface area (Å²) >= 11 is 0. The van der Waals surface area contributed by atoms with Crippen LogP contribution in [0, 0.1) is 10.7 Å². The Balaban J connectivity index is 1.18. The van der Waals surface area contributed by atoms with E-state index in [0.29, 0.717) is 5.82 Å². The van der Waals surface area contributed by atoms with Gasteiger partial charge in [-0.3, -0.25) is 9.13 Å². The van der Waals surface area contributed by atoms with E-state index in [2.05, 4.69) is 189 Å². The fourth-order valence-corrected chi connectivity index (χ4v) is 9.32. The molecule has 0 radical (unpaired) electrons. The largest absolute Gasteiger partial charge is 0.307 e. The topological polar surface area (TPSA) is 45.5 Å². The maximum Gasteiger partial charge on any atom is 0.156 e. The molecule has 0 atom stereocenters. The van der Waals surface area contributed by atoms with E-state index < -0.39 is 0 Å². The number of aromatic nitrogens is 6. The molecular weight excluding hydrogens is 709 g/mol. The summed E-state index contributed by atoms with van der Waals surface area (Å²) in [6, 6.07) is 59.7. The molecule has 0 aliphatic heterocycles. The highest BCUT2D eigenvalue weighted by Crippen LogP contribution is 2.41. The smallest absolute Gasteiger partial charge is 0.156 e. The van der Waals surface area contributed by atoms with Crippen LogP contribution in [0.5, 0.6) is 0 Å². The molecule has 272 valence electrons. The standard InChI is InChI=1S/C52H34N6/c1-33-37-21-9-13-25-43(37)55(35-17-5-3-6-18-35)49(33)50-34(2)38-22-10-14-26-44(38)57(50)47-31-54-48(32-53-47)58-46-28-16-12-24-40(46)42-30-29-41-39-23-11-15-27-45(39)56(51(41)52(42)58)36-19-7-4-8-20-36/h3-32H,1-2H2/b50-49-. The zero-order valence-electron chi connectivity index (χ0n) is 31.4. The molecule has 0 unspecified atom stereocenters. The molecule has 7 aromatic carbocycles. The first kappa shape index (κ1) is 32.3. The quantitative estimate of drug-likeness (QED) is 0.180. The van der Waals surface area contributed by atoms with Gasteiger partial charge < -0.3 is 9.13 Å². The van der Waals surface area contributed by atoms with Crippen LogP contribution in [-0.2, 0) is 0 Å². The van der Waals surface area contributed by atoms with Crippen molar-refractivity contribution in [2.75, 3.05) is 0 Å². The van der Waals surface area contributed by atoms with Crippen LogP contribution in [-0.4, -0.2) is 28.2 Å². The van der Waals surface area contributed by atoms with E-state index in [1.165, 1.54) is 10.8 Å². The summed E-state index contributed by atoms with van der Waals surface area (Å²) in [5.74, 6) is 1.43. The zero-order chi connectivity index (χ0) is 38.5. The molecule has 0 spiro atoms. The van der Waals surface area contributed by atoms with E-state index in [4.69, 9.17) is 16.5 Å². The van der Waals surface area contributed by atoms with Crippen LogP contribution < -0.4 is 10.4 Å². The van der Waals surface area contributed by atoms with E-state index >= 15 is 0 Å². The molecule has 0 saturated carbocycles. The van der Waals surface area contributed by atoms with Crippen LogP contribution in [0.15, 0.2) is 182 Å². The molecule has 0 saturated heterocycles. The second-order valence-electron chi connectivity index (χ2n) is 14.8. The van der Waals surface area contributed by atoms with Crippen molar-refractivity contribution in [3.05, 3.63) is 203 Å². The zero-order valence-corrected chi connectivity index (χ0v) is 31.4. The van der Waals surface area contributed by atoms with Gasteiger partial charge in [0.2, 0.25) is 0 Å². The lowest BCUT2D eigenvalue weighted by Crippen LogP contribution is -2.12. The number of hydrogen-bond donors (Lipinski definition) is 0. The first-order valence-electron chi connectivity index (χ1n) is 19.5. The van der Waals surface area contributed by atoms with Gasteiger partial charge in [-0.1, -0.05) is 134 Å². The average Bonchev–Trinajstić information content (AvgIpc) is 3.99. The molecule has 6 nitrogen and oxygen atoms in total. The maximum atomic E-state index is 5.29. The van der Waals surface area contributed by atoms with Gasteiger partial charge in [-0.05, 0) is 48.5 Å². The number of rotatable bonds is 4. The molecule has 0 amide bonds. The average molecular weight is 743 g/mol. The molecule has 0 aliphatic rings. The Bertz CT molecular complexity index is 3820. The van der Waals surface area contributed by atoms with Gasteiger partial charge in [-0.25, -0.2) is 9.97 Å². The highest BCUT2D eigenvalue weighted by Gasteiger charge is 2.22. The van der Waals surface area contributed by atoms with Gasteiger partial charge in [0, 0.05) is 54.1 Å². The minimum Gasteiger partial charge on any atom is -0.307 e. The second kappa shape index (κ2) is 12.3. The summed E-state index contributed by atoms with van der Waals surface area (Å²) in [6.07, 6.45) is 3.81. The Labute approximate surface area is 332 Å². The fourth-order valence-electron chi connectivity index (χ4n) is 9.32. The predicted molar refractivity (Wildman–Crippen MR) is 239 cm³/mol. The van der Waals surface area contributed by atoms with Gasteiger partial charge in [0.05, 0.1) is 56.2 Å².